The number of aliphatic hydroxyl groups excluding tert-OH is 1. The molecule has 0 spiro atoms. The van der Waals surface area contributed by atoms with Crippen LogP contribution in [0.3, 0.4) is 0 Å². The minimum Gasteiger partial charge on any atom is -0.489 e. The van der Waals surface area contributed by atoms with Gasteiger partial charge in [0.2, 0.25) is 0 Å². The summed E-state index contributed by atoms with van der Waals surface area (Å²) in [5, 5.41) is 17.5. The number of rotatable bonds is 6. The summed E-state index contributed by atoms with van der Waals surface area (Å²) in [4.78, 5) is 10.4. The van der Waals surface area contributed by atoms with Crippen molar-refractivity contribution in [2.45, 2.75) is 13.3 Å². The molecular weight excluding hydrogens is 220 g/mol. The van der Waals surface area contributed by atoms with E-state index in [1.54, 1.807) is 13.0 Å². The number of ether oxygens (including phenoxy) is 1. The number of para-hydroxylation sites is 1. The Bertz CT molecular complexity index is 410. The summed E-state index contributed by atoms with van der Waals surface area (Å²) in [6.07, 6.45) is 1.65. The Morgan fingerprint density at radius 3 is 2.76 bits per heavy atom. The molecule has 0 radical (unpaired) electrons. The topological polar surface area (TPSA) is 66.8 Å². The average Bonchev–Trinajstić information content (AvgIpc) is 2.27. The normalized spacial score (nSPS) is 11.3. The van der Waals surface area contributed by atoms with Gasteiger partial charge in [0.25, 0.3) is 0 Å². The van der Waals surface area contributed by atoms with Gasteiger partial charge in [-0.1, -0.05) is 18.2 Å². The lowest BCUT2D eigenvalue weighted by molar-refractivity contribution is -0.131. The first-order valence-corrected chi connectivity index (χ1v) is 5.35. The molecule has 92 valence electrons. The van der Waals surface area contributed by atoms with Crippen LogP contribution in [0.1, 0.15) is 12.5 Å². The summed E-state index contributed by atoms with van der Waals surface area (Å²) in [6.45, 7) is 1.99. The zero-order chi connectivity index (χ0) is 12.7. The Morgan fingerprint density at radius 1 is 1.41 bits per heavy atom. The summed E-state index contributed by atoms with van der Waals surface area (Å²) in [6, 6.07) is 7.39. The molecule has 0 heterocycles. The Kier molecular flexibility index (Phi) is 5.23. The van der Waals surface area contributed by atoms with Crippen molar-refractivity contribution in [3.8, 4) is 5.75 Å². The summed E-state index contributed by atoms with van der Waals surface area (Å²) in [5.74, 6) is -0.297. The van der Waals surface area contributed by atoms with Gasteiger partial charge in [0, 0.05) is 12.7 Å². The lowest BCUT2D eigenvalue weighted by Gasteiger charge is -2.10. The smallest absolute Gasteiger partial charge is 0.328 e. The van der Waals surface area contributed by atoms with Gasteiger partial charge < -0.3 is 14.9 Å². The molecule has 17 heavy (non-hydrogen) atoms. The fourth-order valence-electron chi connectivity index (χ4n) is 1.42. The first kappa shape index (κ1) is 13.3. The summed E-state index contributed by atoms with van der Waals surface area (Å²) >= 11 is 0. The molecule has 0 saturated carbocycles. The predicted molar refractivity (Wildman–Crippen MR) is 64.1 cm³/mol. The highest BCUT2D eigenvalue weighted by atomic mass is 16.5. The number of carboxylic acid groups (broad SMARTS) is 1. The first-order valence-electron chi connectivity index (χ1n) is 5.35. The van der Waals surface area contributed by atoms with Gasteiger partial charge in [0.15, 0.2) is 0 Å². The maximum atomic E-state index is 10.4. The molecule has 0 unspecified atom stereocenters. The van der Waals surface area contributed by atoms with Gasteiger partial charge in [0.05, 0.1) is 0 Å². The maximum absolute atomic E-state index is 10.4. The standard InChI is InChI=1S/C13H16O4/c1-10(8-13(15)16)9-17-12-5-3-2-4-11(12)6-7-14/h2-5,8,14H,6-7,9H2,1H3,(H,15,16)/b10-8-. The van der Waals surface area contributed by atoms with Gasteiger partial charge >= 0.3 is 5.97 Å². The molecule has 0 aliphatic heterocycles. The van der Waals surface area contributed by atoms with E-state index in [0.717, 1.165) is 11.6 Å². The molecule has 1 aromatic rings. The van der Waals surface area contributed by atoms with E-state index in [1.807, 2.05) is 18.2 Å². The molecular formula is C13H16O4. The van der Waals surface area contributed by atoms with Crippen molar-refractivity contribution in [1.29, 1.82) is 0 Å². The number of benzene rings is 1. The van der Waals surface area contributed by atoms with Gasteiger partial charge in [0.1, 0.15) is 12.4 Å². The SMILES string of the molecule is C/C(=C/C(=O)O)COc1ccccc1CCO. The van der Waals surface area contributed by atoms with Crippen molar-refractivity contribution in [3.63, 3.8) is 0 Å². The molecule has 0 fully saturated rings. The predicted octanol–water partition coefficient (Wildman–Crippen LogP) is 1.63. The van der Waals surface area contributed by atoms with Gasteiger partial charge in [-0.25, -0.2) is 4.79 Å². The van der Waals surface area contributed by atoms with Crippen molar-refractivity contribution in [1.82, 2.24) is 0 Å². The van der Waals surface area contributed by atoms with E-state index >= 15 is 0 Å². The Morgan fingerprint density at radius 2 is 2.12 bits per heavy atom. The molecule has 2 N–H and O–H groups in total. The zero-order valence-electron chi connectivity index (χ0n) is 9.72. The molecule has 4 heteroatoms. The van der Waals surface area contributed by atoms with Crippen molar-refractivity contribution in [2.75, 3.05) is 13.2 Å². The number of hydrogen-bond acceptors (Lipinski definition) is 3. The molecule has 1 aromatic carbocycles. The van der Waals surface area contributed by atoms with Crippen molar-refractivity contribution in [2.24, 2.45) is 0 Å². The van der Waals surface area contributed by atoms with Crippen LogP contribution in [0.25, 0.3) is 0 Å². The second kappa shape index (κ2) is 6.70. The summed E-state index contributed by atoms with van der Waals surface area (Å²) < 4.78 is 5.51. The molecule has 0 aromatic heterocycles. The number of carboxylic acids is 1. The second-order valence-electron chi connectivity index (χ2n) is 3.70. The van der Waals surface area contributed by atoms with Gasteiger partial charge in [-0.05, 0) is 30.5 Å². The van der Waals surface area contributed by atoms with Crippen LogP contribution in [-0.4, -0.2) is 29.4 Å². The fourth-order valence-corrected chi connectivity index (χ4v) is 1.42. The lowest BCUT2D eigenvalue weighted by Crippen LogP contribution is -2.04. The Hall–Kier alpha value is -1.81. The van der Waals surface area contributed by atoms with Crippen LogP contribution in [0.4, 0.5) is 0 Å². The molecule has 0 saturated heterocycles. The third kappa shape index (κ3) is 4.70. The van der Waals surface area contributed by atoms with Crippen molar-refractivity contribution >= 4 is 5.97 Å². The average molecular weight is 236 g/mol. The molecule has 0 amide bonds. The van der Waals surface area contributed by atoms with E-state index in [9.17, 15) is 4.79 Å². The van der Waals surface area contributed by atoms with Crippen LogP contribution in [0.15, 0.2) is 35.9 Å². The largest absolute Gasteiger partial charge is 0.489 e. The molecule has 0 bridgehead atoms. The summed E-state index contributed by atoms with van der Waals surface area (Å²) in [7, 11) is 0. The fraction of sp³-hybridized carbons (Fsp3) is 0.308. The van der Waals surface area contributed by atoms with Gasteiger partial charge in [-0.15, -0.1) is 0 Å². The Labute approximate surface area is 100 Å². The van der Waals surface area contributed by atoms with E-state index in [1.165, 1.54) is 0 Å². The number of aliphatic hydroxyl groups is 1. The minimum absolute atomic E-state index is 0.0598. The van der Waals surface area contributed by atoms with E-state index < -0.39 is 5.97 Å². The van der Waals surface area contributed by atoms with Crippen LogP contribution < -0.4 is 4.74 Å². The second-order valence-corrected chi connectivity index (χ2v) is 3.70. The third-order valence-electron chi connectivity index (χ3n) is 2.18. The number of carbonyl (C=O) groups is 1. The van der Waals surface area contributed by atoms with Gasteiger partial charge in [-0.3, -0.25) is 0 Å². The third-order valence-corrected chi connectivity index (χ3v) is 2.18. The van der Waals surface area contributed by atoms with Crippen LogP contribution >= 0.6 is 0 Å². The number of aliphatic carboxylic acids is 1. The van der Waals surface area contributed by atoms with Crippen molar-refractivity contribution < 1.29 is 19.7 Å². The highest BCUT2D eigenvalue weighted by Crippen LogP contribution is 2.18. The lowest BCUT2D eigenvalue weighted by atomic mass is 10.1. The first-order chi connectivity index (χ1) is 8.13. The molecule has 4 nitrogen and oxygen atoms in total. The number of hydrogen-bond donors (Lipinski definition) is 2. The van der Waals surface area contributed by atoms with Crippen molar-refractivity contribution in [3.05, 3.63) is 41.5 Å². The Balaban J connectivity index is 2.65. The van der Waals surface area contributed by atoms with Crippen LogP contribution in [0.2, 0.25) is 0 Å². The zero-order valence-corrected chi connectivity index (χ0v) is 9.72. The highest BCUT2D eigenvalue weighted by molar-refractivity contribution is 5.80. The van der Waals surface area contributed by atoms with Gasteiger partial charge in [-0.2, -0.15) is 0 Å². The molecule has 0 aliphatic carbocycles. The highest BCUT2D eigenvalue weighted by Gasteiger charge is 2.03. The van der Waals surface area contributed by atoms with Crippen LogP contribution in [0, 0.1) is 0 Å². The molecule has 0 aliphatic rings. The molecule has 0 atom stereocenters. The van der Waals surface area contributed by atoms with E-state index in [2.05, 4.69) is 0 Å². The minimum atomic E-state index is -0.977. The summed E-state index contributed by atoms with van der Waals surface area (Å²) in [5.41, 5.74) is 1.55. The molecule has 1 rings (SSSR count). The van der Waals surface area contributed by atoms with E-state index in [0.29, 0.717) is 17.7 Å². The van der Waals surface area contributed by atoms with Crippen LogP contribution in [-0.2, 0) is 11.2 Å². The maximum Gasteiger partial charge on any atom is 0.328 e. The van der Waals surface area contributed by atoms with E-state index in [4.69, 9.17) is 14.9 Å². The van der Waals surface area contributed by atoms with E-state index in [-0.39, 0.29) is 13.2 Å². The monoisotopic (exact) mass is 236 g/mol. The quantitative estimate of drug-likeness (QED) is 0.737. The van der Waals surface area contributed by atoms with Crippen LogP contribution in [0.5, 0.6) is 5.75 Å².